The number of azide groups is 1. The molecule has 25 heavy (non-hydrogen) atoms. The van der Waals surface area contributed by atoms with Gasteiger partial charge in [0.05, 0.1) is 6.61 Å². The minimum atomic E-state index is -1.78. The SMILES string of the molecule is [N-]=[N+]=Nc1c(F)cc(C(=O)N[C@H]2C(O)O[C@H](CO)[C@H](O)[C@@H]2O)cc1F. The number of carbonyl (C=O) groups is 1. The number of nitrogens with one attached hydrogen (secondary N) is 1. The summed E-state index contributed by atoms with van der Waals surface area (Å²) in [6.45, 7) is -0.687. The minimum Gasteiger partial charge on any atom is -0.394 e. The number of hydrogen-bond donors (Lipinski definition) is 5. The molecule has 0 aromatic heterocycles. The molecule has 0 aliphatic carbocycles. The maximum atomic E-state index is 13.7. The second-order valence-corrected chi connectivity index (χ2v) is 5.21. The largest absolute Gasteiger partial charge is 0.394 e. The molecule has 136 valence electrons. The van der Waals surface area contributed by atoms with Crippen molar-refractivity contribution in [2.24, 2.45) is 5.11 Å². The van der Waals surface area contributed by atoms with E-state index in [2.05, 4.69) is 15.3 Å². The molecule has 5 N–H and O–H groups in total. The standard InChI is InChI=1S/C13H14F2N4O6/c14-5-1-4(2-6(15)8(5)18-19-16)12(23)17-9-11(22)10(21)7(3-20)25-13(9)24/h1-2,7,9-11,13,20-22,24H,3H2,(H,17,23)/t7-,9-,10+,11-,13?/m1/s1. The fourth-order valence-corrected chi connectivity index (χ4v) is 2.32. The maximum absolute atomic E-state index is 13.7. The number of carbonyl (C=O) groups excluding carboxylic acids is 1. The summed E-state index contributed by atoms with van der Waals surface area (Å²) in [5.74, 6) is -3.67. The van der Waals surface area contributed by atoms with E-state index in [1.54, 1.807) is 0 Å². The summed E-state index contributed by atoms with van der Waals surface area (Å²) in [6, 6.07) is -0.330. The van der Waals surface area contributed by atoms with Gasteiger partial charge in [-0.1, -0.05) is 5.11 Å². The van der Waals surface area contributed by atoms with Crippen molar-refractivity contribution < 1.29 is 38.7 Å². The van der Waals surface area contributed by atoms with Crippen molar-refractivity contribution in [1.82, 2.24) is 5.32 Å². The summed E-state index contributed by atoms with van der Waals surface area (Å²) in [5.41, 5.74) is 6.78. The molecular formula is C13H14F2N4O6. The fourth-order valence-electron chi connectivity index (χ4n) is 2.32. The van der Waals surface area contributed by atoms with Crippen LogP contribution in [0.3, 0.4) is 0 Å². The Morgan fingerprint density at radius 2 is 1.88 bits per heavy atom. The molecule has 0 spiro atoms. The van der Waals surface area contributed by atoms with Gasteiger partial charge in [0.1, 0.15) is 41.7 Å². The second-order valence-electron chi connectivity index (χ2n) is 5.21. The van der Waals surface area contributed by atoms with E-state index in [1.165, 1.54) is 0 Å². The van der Waals surface area contributed by atoms with Gasteiger partial charge in [-0.25, -0.2) is 8.78 Å². The van der Waals surface area contributed by atoms with Crippen LogP contribution in [-0.4, -0.2) is 63.6 Å². The lowest BCUT2D eigenvalue weighted by Gasteiger charge is -2.40. The third kappa shape index (κ3) is 3.85. The molecule has 1 unspecified atom stereocenters. The van der Waals surface area contributed by atoms with Crippen molar-refractivity contribution in [3.8, 4) is 0 Å². The average Bonchev–Trinajstić information content (AvgIpc) is 2.57. The van der Waals surface area contributed by atoms with Gasteiger partial charge in [-0.05, 0) is 17.7 Å². The van der Waals surface area contributed by atoms with Gasteiger partial charge in [-0.15, -0.1) is 0 Å². The zero-order chi connectivity index (χ0) is 18.7. The molecule has 1 heterocycles. The molecule has 1 aromatic rings. The van der Waals surface area contributed by atoms with Crippen LogP contribution in [0.15, 0.2) is 17.2 Å². The van der Waals surface area contributed by atoms with E-state index < -0.39 is 66.0 Å². The van der Waals surface area contributed by atoms with Crippen molar-refractivity contribution in [1.29, 1.82) is 0 Å². The third-order valence-electron chi connectivity index (χ3n) is 3.62. The molecule has 5 atom stereocenters. The monoisotopic (exact) mass is 360 g/mol. The first-order valence-electron chi connectivity index (χ1n) is 6.95. The van der Waals surface area contributed by atoms with Crippen LogP contribution in [0.1, 0.15) is 10.4 Å². The molecule has 1 fully saturated rings. The number of rotatable bonds is 4. The van der Waals surface area contributed by atoms with Crippen LogP contribution in [0, 0.1) is 11.6 Å². The van der Waals surface area contributed by atoms with E-state index in [9.17, 15) is 28.9 Å². The number of halogens is 2. The number of benzene rings is 1. The first-order valence-corrected chi connectivity index (χ1v) is 6.95. The quantitative estimate of drug-likeness (QED) is 0.274. The van der Waals surface area contributed by atoms with E-state index >= 15 is 0 Å². The van der Waals surface area contributed by atoms with Crippen LogP contribution in [0.25, 0.3) is 10.4 Å². The highest BCUT2D eigenvalue weighted by Crippen LogP contribution is 2.25. The highest BCUT2D eigenvalue weighted by molar-refractivity contribution is 5.94. The Kier molecular flexibility index (Phi) is 5.85. The zero-order valence-electron chi connectivity index (χ0n) is 12.5. The first kappa shape index (κ1) is 19.0. The Balaban J connectivity index is 2.20. The Morgan fingerprint density at radius 3 is 2.40 bits per heavy atom. The molecule has 1 aliphatic rings. The predicted octanol–water partition coefficient (Wildman–Crippen LogP) is -0.564. The number of aliphatic hydroxyl groups excluding tert-OH is 4. The van der Waals surface area contributed by atoms with Crippen LogP contribution in [-0.2, 0) is 4.74 Å². The lowest BCUT2D eigenvalue weighted by atomic mass is 9.96. The summed E-state index contributed by atoms with van der Waals surface area (Å²) in [6.07, 6.45) is -6.37. The average molecular weight is 360 g/mol. The molecule has 0 radical (unpaired) electrons. The van der Waals surface area contributed by atoms with Gasteiger partial charge in [0.15, 0.2) is 6.29 Å². The van der Waals surface area contributed by atoms with Gasteiger partial charge >= 0.3 is 0 Å². The number of hydrogen-bond acceptors (Lipinski definition) is 7. The molecule has 10 nitrogen and oxygen atoms in total. The van der Waals surface area contributed by atoms with Crippen molar-refractivity contribution in [2.45, 2.75) is 30.6 Å². The van der Waals surface area contributed by atoms with Gasteiger partial charge < -0.3 is 30.5 Å². The maximum Gasteiger partial charge on any atom is 0.251 e. The van der Waals surface area contributed by atoms with Crippen LogP contribution in [0.2, 0.25) is 0 Å². The summed E-state index contributed by atoms with van der Waals surface area (Å²) in [4.78, 5) is 14.3. The smallest absolute Gasteiger partial charge is 0.251 e. The molecule has 0 saturated carbocycles. The van der Waals surface area contributed by atoms with Gasteiger partial charge in [-0.3, -0.25) is 4.79 Å². The lowest BCUT2D eigenvalue weighted by molar-refractivity contribution is -0.252. The molecule has 0 bridgehead atoms. The van der Waals surface area contributed by atoms with E-state index in [4.69, 9.17) is 15.4 Å². The minimum absolute atomic E-state index is 0.523. The highest BCUT2D eigenvalue weighted by atomic mass is 19.1. The topological polar surface area (TPSA) is 168 Å². The summed E-state index contributed by atoms with van der Waals surface area (Å²) in [7, 11) is 0. The molecule has 1 aliphatic heterocycles. The lowest BCUT2D eigenvalue weighted by Crippen LogP contribution is -2.64. The predicted molar refractivity (Wildman–Crippen MR) is 76.4 cm³/mol. The number of ether oxygens (including phenoxy) is 1. The van der Waals surface area contributed by atoms with Crippen molar-refractivity contribution in [3.63, 3.8) is 0 Å². The normalized spacial score (nSPS) is 29.0. The Labute approximate surface area is 138 Å². The first-order chi connectivity index (χ1) is 11.8. The van der Waals surface area contributed by atoms with Crippen LogP contribution < -0.4 is 5.32 Å². The third-order valence-corrected chi connectivity index (χ3v) is 3.62. The summed E-state index contributed by atoms with van der Waals surface area (Å²) >= 11 is 0. The van der Waals surface area contributed by atoms with Crippen LogP contribution in [0.5, 0.6) is 0 Å². The summed E-state index contributed by atoms with van der Waals surface area (Å²) in [5, 5.41) is 43.2. The highest BCUT2D eigenvalue weighted by Gasteiger charge is 2.44. The Morgan fingerprint density at radius 1 is 1.28 bits per heavy atom. The summed E-state index contributed by atoms with van der Waals surface area (Å²) < 4.78 is 32.2. The van der Waals surface area contributed by atoms with Gasteiger partial charge in [-0.2, -0.15) is 0 Å². The molecular weight excluding hydrogens is 346 g/mol. The van der Waals surface area contributed by atoms with E-state index in [-0.39, 0.29) is 0 Å². The van der Waals surface area contributed by atoms with E-state index in [0.29, 0.717) is 12.1 Å². The van der Waals surface area contributed by atoms with Crippen molar-refractivity contribution >= 4 is 11.6 Å². The number of nitrogens with zero attached hydrogens (tertiary/aromatic N) is 3. The van der Waals surface area contributed by atoms with Crippen molar-refractivity contribution in [3.05, 3.63) is 39.8 Å². The molecule has 1 aromatic carbocycles. The van der Waals surface area contributed by atoms with Gasteiger partial charge in [0.25, 0.3) is 5.91 Å². The molecule has 1 amide bonds. The molecule has 2 rings (SSSR count). The molecule has 12 heteroatoms. The van der Waals surface area contributed by atoms with Gasteiger partial charge in [0, 0.05) is 10.5 Å². The second kappa shape index (κ2) is 7.70. The van der Waals surface area contributed by atoms with Crippen molar-refractivity contribution in [2.75, 3.05) is 6.61 Å². The van der Waals surface area contributed by atoms with Crippen LogP contribution in [0.4, 0.5) is 14.5 Å². The fraction of sp³-hybridized carbons (Fsp3) is 0.462. The van der Waals surface area contributed by atoms with E-state index in [0.717, 1.165) is 0 Å². The number of aliphatic hydroxyl groups is 4. The van der Waals surface area contributed by atoms with Crippen LogP contribution >= 0.6 is 0 Å². The van der Waals surface area contributed by atoms with Gasteiger partial charge in [0.2, 0.25) is 0 Å². The number of amides is 1. The molecule has 1 saturated heterocycles. The van der Waals surface area contributed by atoms with E-state index in [1.807, 2.05) is 0 Å². The zero-order valence-corrected chi connectivity index (χ0v) is 12.5. The Bertz CT molecular complexity index is 691. The Hall–Kier alpha value is -2.34.